The first kappa shape index (κ1) is 21.8. The molecule has 8 heteroatoms. The average Bonchev–Trinajstić information content (AvgIpc) is 2.47. The molecule has 2 rings (SSSR count). The number of nitrogens with zero attached hydrogens (tertiary/aromatic N) is 3. The van der Waals surface area contributed by atoms with Crippen LogP contribution in [0.2, 0.25) is 0 Å². The monoisotopic (exact) mass is 366 g/mol. The van der Waals surface area contributed by atoms with Gasteiger partial charge in [0.25, 0.3) is 0 Å². The van der Waals surface area contributed by atoms with Crippen molar-refractivity contribution in [2.24, 2.45) is 0 Å². The van der Waals surface area contributed by atoms with Gasteiger partial charge in [0.2, 0.25) is 0 Å². The van der Waals surface area contributed by atoms with Crippen LogP contribution in [0.4, 0.5) is 14.9 Å². The Morgan fingerprint density at radius 2 is 1.78 bits per heavy atom. The van der Waals surface area contributed by atoms with Crippen molar-refractivity contribution in [3.8, 4) is 0 Å². The lowest BCUT2D eigenvalue weighted by atomic mass is 10.2. The smallest absolute Gasteiger partial charge is 0.317 e. The van der Waals surface area contributed by atoms with Crippen LogP contribution in [0.5, 0.6) is 0 Å². The molecule has 1 aliphatic heterocycles. The van der Waals surface area contributed by atoms with Gasteiger partial charge in [0.15, 0.2) is 0 Å². The number of piperazine rings is 1. The number of benzene rings is 1. The number of nitrogens with one attached hydrogen (secondary N) is 1. The van der Waals surface area contributed by atoms with Crippen molar-refractivity contribution in [2.45, 2.75) is 0 Å². The molecule has 0 atom stereocenters. The van der Waals surface area contributed by atoms with E-state index in [4.69, 9.17) is 0 Å². The van der Waals surface area contributed by atoms with Crippen LogP contribution in [0.1, 0.15) is 0 Å². The number of hydrogen-bond donors (Lipinski definition) is 1. The summed E-state index contributed by atoms with van der Waals surface area (Å²) < 4.78 is 13.7. The predicted octanol–water partition coefficient (Wildman–Crippen LogP) is 2.06. The minimum atomic E-state index is -0.207. The number of hydrogen-bond acceptors (Lipinski definition) is 3. The largest absolute Gasteiger partial charge is 0.366 e. The topological polar surface area (TPSA) is 38.8 Å². The van der Waals surface area contributed by atoms with Crippen molar-refractivity contribution in [3.05, 3.63) is 30.1 Å². The Hall–Kier alpha value is -1.24. The van der Waals surface area contributed by atoms with E-state index in [1.165, 1.54) is 6.07 Å². The highest BCUT2D eigenvalue weighted by Crippen LogP contribution is 2.19. The van der Waals surface area contributed by atoms with Crippen LogP contribution in [-0.2, 0) is 0 Å². The van der Waals surface area contributed by atoms with E-state index in [0.29, 0.717) is 38.4 Å². The van der Waals surface area contributed by atoms with Gasteiger partial charge in [0.1, 0.15) is 5.82 Å². The van der Waals surface area contributed by atoms with Gasteiger partial charge in [-0.2, -0.15) is 0 Å². The molecule has 0 unspecified atom stereocenters. The molecular formula is C15H25Cl2FN4O. The lowest BCUT2D eigenvalue weighted by Crippen LogP contribution is -2.52. The first-order valence-electron chi connectivity index (χ1n) is 7.25. The number of para-hydroxylation sites is 1. The molecule has 132 valence electrons. The summed E-state index contributed by atoms with van der Waals surface area (Å²) in [5.74, 6) is -0.207. The van der Waals surface area contributed by atoms with Crippen molar-refractivity contribution in [1.29, 1.82) is 0 Å². The van der Waals surface area contributed by atoms with E-state index in [0.717, 1.165) is 6.54 Å². The minimum Gasteiger partial charge on any atom is -0.366 e. The Kier molecular flexibility index (Phi) is 9.95. The molecular weight excluding hydrogens is 342 g/mol. The molecule has 1 heterocycles. The number of urea groups is 1. The van der Waals surface area contributed by atoms with Crippen molar-refractivity contribution < 1.29 is 9.18 Å². The summed E-state index contributed by atoms with van der Waals surface area (Å²) in [5, 5.41) is 2.90. The van der Waals surface area contributed by atoms with Crippen LogP contribution in [0, 0.1) is 5.82 Å². The maximum absolute atomic E-state index is 13.7. The molecule has 0 saturated carbocycles. The fourth-order valence-electron chi connectivity index (χ4n) is 2.36. The predicted molar refractivity (Wildman–Crippen MR) is 96.6 cm³/mol. The van der Waals surface area contributed by atoms with E-state index >= 15 is 0 Å². The molecule has 0 radical (unpaired) electrons. The van der Waals surface area contributed by atoms with Crippen LogP contribution in [-0.4, -0.2) is 69.2 Å². The van der Waals surface area contributed by atoms with Crippen molar-refractivity contribution in [3.63, 3.8) is 0 Å². The summed E-state index contributed by atoms with van der Waals surface area (Å²) in [6.45, 7) is 3.99. The molecule has 1 aromatic rings. The molecule has 23 heavy (non-hydrogen) atoms. The Morgan fingerprint density at radius 3 is 2.35 bits per heavy atom. The van der Waals surface area contributed by atoms with Gasteiger partial charge in [-0.05, 0) is 26.2 Å². The molecule has 1 aromatic carbocycles. The lowest BCUT2D eigenvalue weighted by Gasteiger charge is -2.36. The highest BCUT2D eigenvalue weighted by Gasteiger charge is 2.22. The van der Waals surface area contributed by atoms with E-state index in [9.17, 15) is 9.18 Å². The number of carbonyl (C=O) groups is 1. The van der Waals surface area contributed by atoms with Crippen molar-refractivity contribution >= 4 is 36.5 Å². The van der Waals surface area contributed by atoms with Crippen LogP contribution in [0.15, 0.2) is 24.3 Å². The molecule has 0 aliphatic carbocycles. The average molecular weight is 367 g/mol. The first-order chi connectivity index (χ1) is 10.1. The molecule has 1 N–H and O–H groups in total. The summed E-state index contributed by atoms with van der Waals surface area (Å²) in [4.78, 5) is 17.8. The third kappa shape index (κ3) is 6.41. The second kappa shape index (κ2) is 10.5. The number of halogens is 3. The highest BCUT2D eigenvalue weighted by molar-refractivity contribution is 5.85. The quantitative estimate of drug-likeness (QED) is 0.886. The lowest BCUT2D eigenvalue weighted by molar-refractivity contribution is 0.193. The summed E-state index contributed by atoms with van der Waals surface area (Å²) in [6.07, 6.45) is 0. The zero-order chi connectivity index (χ0) is 15.2. The van der Waals surface area contributed by atoms with Gasteiger partial charge >= 0.3 is 6.03 Å². The Labute approximate surface area is 149 Å². The maximum Gasteiger partial charge on any atom is 0.317 e. The van der Waals surface area contributed by atoms with E-state index in [2.05, 4.69) is 5.32 Å². The van der Waals surface area contributed by atoms with Gasteiger partial charge in [-0.3, -0.25) is 0 Å². The number of anilines is 1. The van der Waals surface area contributed by atoms with Gasteiger partial charge < -0.3 is 20.0 Å². The Balaban J connectivity index is 0.00000242. The van der Waals surface area contributed by atoms with E-state index in [1.54, 1.807) is 17.0 Å². The number of carbonyl (C=O) groups excluding carboxylic acids is 1. The number of amides is 2. The molecule has 1 fully saturated rings. The third-order valence-electron chi connectivity index (χ3n) is 3.60. The summed E-state index contributed by atoms with van der Waals surface area (Å²) in [7, 11) is 3.94. The molecule has 5 nitrogen and oxygen atoms in total. The molecule has 1 saturated heterocycles. The minimum absolute atomic E-state index is 0. The van der Waals surface area contributed by atoms with Gasteiger partial charge in [0.05, 0.1) is 5.69 Å². The van der Waals surface area contributed by atoms with Crippen LogP contribution in [0.3, 0.4) is 0 Å². The zero-order valence-electron chi connectivity index (χ0n) is 13.5. The summed E-state index contributed by atoms with van der Waals surface area (Å²) in [6, 6.07) is 6.73. The highest BCUT2D eigenvalue weighted by atomic mass is 35.5. The van der Waals surface area contributed by atoms with Crippen LogP contribution >= 0.6 is 24.8 Å². The molecule has 0 spiro atoms. The first-order valence-corrected chi connectivity index (χ1v) is 7.25. The Bertz CT molecular complexity index is 482. The Morgan fingerprint density at radius 1 is 1.17 bits per heavy atom. The number of rotatable bonds is 4. The van der Waals surface area contributed by atoms with E-state index in [1.807, 2.05) is 30.0 Å². The SMILES string of the molecule is CN(C)CCNC(=O)N1CCN(c2ccccc2F)CC1.Cl.Cl. The molecule has 1 aliphatic rings. The van der Waals surface area contributed by atoms with Gasteiger partial charge in [-0.15, -0.1) is 24.8 Å². The third-order valence-corrected chi connectivity index (χ3v) is 3.60. The van der Waals surface area contributed by atoms with Gasteiger partial charge in [-0.1, -0.05) is 12.1 Å². The molecule has 0 aromatic heterocycles. The van der Waals surface area contributed by atoms with Crippen LogP contribution < -0.4 is 10.2 Å². The van der Waals surface area contributed by atoms with E-state index in [-0.39, 0.29) is 36.7 Å². The second-order valence-electron chi connectivity index (χ2n) is 5.46. The van der Waals surface area contributed by atoms with Crippen LogP contribution in [0.25, 0.3) is 0 Å². The fourth-order valence-corrected chi connectivity index (χ4v) is 2.36. The molecule has 2 amide bonds. The van der Waals surface area contributed by atoms with Gasteiger partial charge in [0, 0.05) is 39.3 Å². The van der Waals surface area contributed by atoms with Gasteiger partial charge in [-0.25, -0.2) is 9.18 Å². The zero-order valence-corrected chi connectivity index (χ0v) is 15.1. The molecule has 0 bridgehead atoms. The second-order valence-corrected chi connectivity index (χ2v) is 5.46. The fraction of sp³-hybridized carbons (Fsp3) is 0.533. The standard InChI is InChI=1S/C15H23FN4O.2ClH/c1-18(2)8-7-17-15(21)20-11-9-19(10-12-20)14-6-4-3-5-13(14)16;;/h3-6H,7-12H2,1-2H3,(H,17,21);2*1H. The van der Waals surface area contributed by atoms with Crippen molar-refractivity contribution in [2.75, 3.05) is 58.3 Å². The maximum atomic E-state index is 13.7. The summed E-state index contributed by atoms with van der Waals surface area (Å²) >= 11 is 0. The summed E-state index contributed by atoms with van der Waals surface area (Å²) in [5.41, 5.74) is 0.616. The van der Waals surface area contributed by atoms with Crippen molar-refractivity contribution in [1.82, 2.24) is 15.1 Å². The van der Waals surface area contributed by atoms with E-state index < -0.39 is 0 Å². The normalized spacial score (nSPS) is 14.1. The number of likely N-dealkylation sites (N-methyl/N-ethyl adjacent to an activating group) is 1.